The van der Waals surface area contributed by atoms with Crippen molar-refractivity contribution in [2.24, 2.45) is 0 Å². The number of carbonyl (C=O) groups is 1. The van der Waals surface area contributed by atoms with Gasteiger partial charge in [-0.3, -0.25) is 4.79 Å². The largest absolute Gasteiger partial charge is 0.321 e. The summed E-state index contributed by atoms with van der Waals surface area (Å²) in [4.78, 5) is 19.0. The number of thiazole rings is 1. The molecule has 2 N–H and O–H groups in total. The highest BCUT2D eigenvalue weighted by atomic mass is 32.1. The lowest BCUT2D eigenvalue weighted by Crippen LogP contribution is -3.14. The summed E-state index contributed by atoms with van der Waals surface area (Å²) in [6.45, 7) is 5.61. The van der Waals surface area contributed by atoms with Gasteiger partial charge < -0.3 is 10.2 Å². The van der Waals surface area contributed by atoms with Crippen LogP contribution in [0.5, 0.6) is 0 Å². The summed E-state index contributed by atoms with van der Waals surface area (Å²) >= 11 is 1.78. The van der Waals surface area contributed by atoms with E-state index in [4.69, 9.17) is 4.98 Å². The quantitative estimate of drug-likeness (QED) is 0.726. The van der Waals surface area contributed by atoms with E-state index in [1.165, 1.54) is 27.4 Å². The highest BCUT2D eigenvalue weighted by molar-refractivity contribution is 7.18. The monoisotopic (exact) mass is 380 g/mol. The molecule has 4 rings (SSSR count). The summed E-state index contributed by atoms with van der Waals surface area (Å²) in [5.74, 6) is 0.0930. The number of para-hydroxylation sites is 2. The number of hydrogen-bond acceptors (Lipinski definition) is 3. The smallest absolute Gasteiger partial charge is 0.279 e. The molecule has 2 heterocycles. The molecule has 0 spiro atoms. The Morgan fingerprint density at radius 2 is 1.93 bits per heavy atom. The Morgan fingerprint density at radius 1 is 1.15 bits per heavy atom. The van der Waals surface area contributed by atoms with Crippen molar-refractivity contribution in [3.63, 3.8) is 0 Å². The molecule has 1 aromatic heterocycles. The maximum absolute atomic E-state index is 12.8. The lowest BCUT2D eigenvalue weighted by atomic mass is 10.0. The molecule has 0 saturated carbocycles. The molecule has 140 valence electrons. The molecule has 0 aliphatic carbocycles. The Morgan fingerprint density at radius 3 is 2.70 bits per heavy atom. The van der Waals surface area contributed by atoms with Gasteiger partial charge in [-0.2, -0.15) is 0 Å². The Balaban J connectivity index is 1.51. The lowest BCUT2D eigenvalue weighted by Gasteiger charge is -2.30. The van der Waals surface area contributed by atoms with Gasteiger partial charge in [-0.1, -0.05) is 30.3 Å². The van der Waals surface area contributed by atoms with Crippen LogP contribution in [0.3, 0.4) is 0 Å². The Hall–Kier alpha value is -2.24. The third-order valence-electron chi connectivity index (χ3n) is 5.48. The van der Waals surface area contributed by atoms with Crippen LogP contribution in [0.25, 0.3) is 10.2 Å². The molecule has 1 saturated heterocycles. The van der Waals surface area contributed by atoms with E-state index in [0.717, 1.165) is 35.3 Å². The van der Waals surface area contributed by atoms with Gasteiger partial charge in [0.1, 0.15) is 6.04 Å². The summed E-state index contributed by atoms with van der Waals surface area (Å²) < 4.78 is 1.23. The van der Waals surface area contributed by atoms with Crippen molar-refractivity contribution in [2.75, 3.05) is 18.4 Å². The number of piperidine rings is 1. The number of likely N-dealkylation sites (tertiary alicyclic amines) is 1. The first-order chi connectivity index (χ1) is 13.1. The van der Waals surface area contributed by atoms with E-state index < -0.39 is 0 Å². The highest BCUT2D eigenvalue weighted by Gasteiger charge is 2.32. The lowest BCUT2D eigenvalue weighted by molar-refractivity contribution is -0.929. The molecule has 1 unspecified atom stereocenters. The van der Waals surface area contributed by atoms with Crippen LogP contribution >= 0.6 is 11.3 Å². The Bertz CT molecular complexity index is 912. The van der Waals surface area contributed by atoms with Gasteiger partial charge in [-0.15, -0.1) is 11.3 Å². The molecule has 0 radical (unpaired) electrons. The minimum atomic E-state index is 0.0930. The Kier molecular flexibility index (Phi) is 5.23. The minimum Gasteiger partial charge on any atom is -0.321 e. The molecule has 3 aromatic rings. The predicted molar refractivity (Wildman–Crippen MR) is 111 cm³/mol. The summed E-state index contributed by atoms with van der Waals surface area (Å²) in [6.07, 6.45) is 3.49. The molecule has 1 aliphatic rings. The van der Waals surface area contributed by atoms with E-state index in [9.17, 15) is 4.79 Å². The predicted octanol–water partition coefficient (Wildman–Crippen LogP) is 3.66. The molecule has 1 fully saturated rings. The number of aryl methyl sites for hydroxylation is 2. The van der Waals surface area contributed by atoms with Gasteiger partial charge in [-0.05, 0) is 49.9 Å². The number of amides is 1. The SMILES string of the molecule is Cc1cccc(C)c1NC(=O)C[NH+]1CCCC[C@H]1c1nc2ccccc2s1. The molecular formula is C22H26N3OS+. The molecule has 2 aromatic carbocycles. The number of rotatable bonds is 4. The van der Waals surface area contributed by atoms with Crippen LogP contribution in [0.15, 0.2) is 42.5 Å². The first-order valence-electron chi connectivity index (χ1n) is 9.68. The average molecular weight is 381 g/mol. The van der Waals surface area contributed by atoms with Gasteiger partial charge in [0.25, 0.3) is 5.91 Å². The number of anilines is 1. The van der Waals surface area contributed by atoms with E-state index in [1.54, 1.807) is 11.3 Å². The number of carbonyl (C=O) groups excluding carboxylic acids is 1. The number of nitrogens with one attached hydrogen (secondary N) is 2. The van der Waals surface area contributed by atoms with Crippen LogP contribution in [0.2, 0.25) is 0 Å². The number of benzene rings is 2. The molecule has 2 atom stereocenters. The van der Waals surface area contributed by atoms with E-state index in [2.05, 4.69) is 23.5 Å². The van der Waals surface area contributed by atoms with Crippen LogP contribution < -0.4 is 10.2 Å². The summed E-state index contributed by atoms with van der Waals surface area (Å²) in [5, 5.41) is 4.32. The molecule has 4 nitrogen and oxygen atoms in total. The topological polar surface area (TPSA) is 46.4 Å². The Labute approximate surface area is 164 Å². The first-order valence-corrected chi connectivity index (χ1v) is 10.5. The van der Waals surface area contributed by atoms with Crippen LogP contribution in [0, 0.1) is 13.8 Å². The van der Waals surface area contributed by atoms with E-state index in [0.29, 0.717) is 12.6 Å². The van der Waals surface area contributed by atoms with Crippen molar-refractivity contribution < 1.29 is 9.69 Å². The standard InChI is InChI=1S/C22H25N3OS/c1-15-8-7-9-16(2)21(15)24-20(26)14-25-13-6-5-11-18(25)22-23-17-10-3-4-12-19(17)27-22/h3-4,7-10,12,18H,5-6,11,13-14H2,1-2H3,(H,24,26)/p+1/t18-/m0/s1. The first kappa shape index (κ1) is 18.1. The molecule has 27 heavy (non-hydrogen) atoms. The van der Waals surface area contributed by atoms with Crippen LogP contribution in [-0.4, -0.2) is 24.0 Å². The fraction of sp³-hybridized carbons (Fsp3) is 0.364. The normalized spacial score (nSPS) is 19.9. The second kappa shape index (κ2) is 7.79. The zero-order valence-electron chi connectivity index (χ0n) is 15.9. The fourth-order valence-corrected chi connectivity index (χ4v) is 5.19. The van der Waals surface area contributed by atoms with Crippen molar-refractivity contribution in [3.8, 4) is 0 Å². The summed E-state index contributed by atoms with van der Waals surface area (Å²) in [6, 6.07) is 14.7. The van der Waals surface area contributed by atoms with Gasteiger partial charge >= 0.3 is 0 Å². The third kappa shape index (κ3) is 3.89. The average Bonchev–Trinajstić information content (AvgIpc) is 3.09. The molecule has 5 heteroatoms. The van der Waals surface area contributed by atoms with E-state index in [1.807, 2.05) is 38.1 Å². The molecule has 1 aliphatic heterocycles. The van der Waals surface area contributed by atoms with Crippen LogP contribution in [0.1, 0.15) is 41.4 Å². The minimum absolute atomic E-state index is 0.0930. The second-order valence-electron chi connectivity index (χ2n) is 7.47. The third-order valence-corrected chi connectivity index (χ3v) is 6.63. The van der Waals surface area contributed by atoms with Gasteiger partial charge in [0.15, 0.2) is 11.6 Å². The van der Waals surface area contributed by atoms with Crippen LogP contribution in [0.4, 0.5) is 5.69 Å². The molecular weight excluding hydrogens is 354 g/mol. The second-order valence-corrected chi connectivity index (χ2v) is 8.53. The number of aromatic nitrogens is 1. The number of quaternary nitrogens is 1. The highest BCUT2D eigenvalue weighted by Crippen LogP contribution is 2.28. The van der Waals surface area contributed by atoms with Gasteiger partial charge in [-0.25, -0.2) is 4.98 Å². The van der Waals surface area contributed by atoms with Crippen molar-refractivity contribution in [2.45, 2.75) is 39.2 Å². The van der Waals surface area contributed by atoms with Crippen LogP contribution in [-0.2, 0) is 4.79 Å². The van der Waals surface area contributed by atoms with Gasteiger partial charge in [0, 0.05) is 12.1 Å². The van der Waals surface area contributed by atoms with Crippen molar-refractivity contribution >= 4 is 33.1 Å². The van der Waals surface area contributed by atoms with Crippen molar-refractivity contribution in [3.05, 3.63) is 58.6 Å². The molecule has 1 amide bonds. The zero-order chi connectivity index (χ0) is 18.8. The maximum atomic E-state index is 12.8. The van der Waals surface area contributed by atoms with Crippen molar-refractivity contribution in [1.82, 2.24) is 4.98 Å². The summed E-state index contributed by atoms with van der Waals surface area (Å²) in [7, 11) is 0. The zero-order valence-corrected chi connectivity index (χ0v) is 16.7. The maximum Gasteiger partial charge on any atom is 0.279 e. The van der Waals surface area contributed by atoms with E-state index >= 15 is 0 Å². The van der Waals surface area contributed by atoms with Gasteiger partial charge in [0.05, 0.1) is 16.8 Å². The summed E-state index contributed by atoms with van der Waals surface area (Å²) in [5.41, 5.74) is 4.25. The molecule has 0 bridgehead atoms. The number of nitrogens with zero attached hydrogens (tertiary/aromatic N) is 1. The van der Waals surface area contributed by atoms with Crippen molar-refractivity contribution in [1.29, 1.82) is 0 Å². The number of fused-ring (bicyclic) bond motifs is 1. The van der Waals surface area contributed by atoms with E-state index in [-0.39, 0.29) is 5.91 Å². The van der Waals surface area contributed by atoms with Gasteiger partial charge in [0.2, 0.25) is 0 Å². The fourth-order valence-electron chi connectivity index (χ4n) is 4.03. The number of hydrogen-bond donors (Lipinski definition) is 2.